The van der Waals surface area contributed by atoms with Crippen LogP contribution in [0.4, 0.5) is 13.2 Å². The van der Waals surface area contributed by atoms with Gasteiger partial charge in [-0.1, -0.05) is 18.2 Å². The average molecular weight is 343 g/mol. The number of amides is 1. The highest BCUT2D eigenvalue weighted by atomic mass is 19.4. The Bertz CT molecular complexity index is 601. The Balaban J connectivity index is 1.95. The first kappa shape index (κ1) is 18.3. The molecule has 1 aromatic carbocycles. The van der Waals surface area contributed by atoms with Gasteiger partial charge in [-0.15, -0.1) is 0 Å². The van der Waals surface area contributed by atoms with Crippen LogP contribution in [0.15, 0.2) is 24.3 Å². The van der Waals surface area contributed by atoms with Crippen LogP contribution in [0.5, 0.6) is 0 Å². The number of carbonyl (C=O) groups excluding carboxylic acids is 1. The minimum atomic E-state index is -4.43. The molecule has 1 saturated heterocycles. The van der Waals surface area contributed by atoms with Gasteiger partial charge in [-0.25, -0.2) is 0 Å². The normalized spacial score (nSPS) is 18.5. The van der Waals surface area contributed by atoms with Crippen molar-refractivity contribution >= 4 is 11.9 Å². The molecule has 7 heteroatoms. The number of hydrogen-bond donors (Lipinski definition) is 1. The van der Waals surface area contributed by atoms with E-state index in [9.17, 15) is 22.8 Å². The summed E-state index contributed by atoms with van der Waals surface area (Å²) in [6, 6.07) is 5.26. The molecule has 1 fully saturated rings. The summed E-state index contributed by atoms with van der Waals surface area (Å²) < 4.78 is 38.8. The maximum atomic E-state index is 12.9. The highest BCUT2D eigenvalue weighted by Crippen LogP contribution is 2.32. The van der Waals surface area contributed by atoms with Crippen LogP contribution >= 0.6 is 0 Å². The van der Waals surface area contributed by atoms with E-state index in [1.165, 1.54) is 18.2 Å². The summed E-state index contributed by atoms with van der Waals surface area (Å²) >= 11 is 0. The Hall–Kier alpha value is -2.05. The van der Waals surface area contributed by atoms with Crippen molar-refractivity contribution in [1.82, 2.24) is 4.90 Å². The van der Waals surface area contributed by atoms with Crippen molar-refractivity contribution in [3.63, 3.8) is 0 Å². The zero-order chi connectivity index (χ0) is 17.7. The van der Waals surface area contributed by atoms with Crippen molar-refractivity contribution in [2.45, 2.75) is 38.3 Å². The van der Waals surface area contributed by atoms with Gasteiger partial charge in [0.2, 0.25) is 5.91 Å². The van der Waals surface area contributed by atoms with Gasteiger partial charge in [-0.3, -0.25) is 9.59 Å². The molecule has 1 atom stereocenters. The molecule has 0 bridgehead atoms. The molecule has 1 N–H and O–H groups in total. The SMILES string of the molecule is O=C(O)CC1CCCN(C(=O)CCc2ccccc2C(F)(F)F)C1. The summed E-state index contributed by atoms with van der Waals surface area (Å²) in [5, 5.41) is 8.84. The molecule has 0 aliphatic carbocycles. The van der Waals surface area contributed by atoms with E-state index in [0.717, 1.165) is 18.9 Å². The molecule has 1 aliphatic heterocycles. The smallest absolute Gasteiger partial charge is 0.416 e. The Labute approximate surface area is 138 Å². The number of carboxylic acids is 1. The highest BCUT2D eigenvalue weighted by Gasteiger charge is 2.33. The molecule has 1 amide bonds. The van der Waals surface area contributed by atoms with E-state index >= 15 is 0 Å². The van der Waals surface area contributed by atoms with Crippen molar-refractivity contribution < 1.29 is 27.9 Å². The summed E-state index contributed by atoms with van der Waals surface area (Å²) in [7, 11) is 0. The second-order valence-corrected chi connectivity index (χ2v) is 6.10. The quantitative estimate of drug-likeness (QED) is 0.892. The Morgan fingerprint density at radius 2 is 1.96 bits per heavy atom. The second-order valence-electron chi connectivity index (χ2n) is 6.10. The number of benzene rings is 1. The largest absolute Gasteiger partial charge is 0.481 e. The molecule has 0 spiro atoms. The molecule has 132 valence electrons. The van der Waals surface area contributed by atoms with Crippen molar-refractivity contribution in [2.75, 3.05) is 13.1 Å². The number of alkyl halides is 3. The van der Waals surface area contributed by atoms with Crippen LogP contribution in [0.25, 0.3) is 0 Å². The first-order valence-corrected chi connectivity index (χ1v) is 7.92. The number of aryl methyl sites for hydroxylation is 1. The molecule has 24 heavy (non-hydrogen) atoms. The minimum Gasteiger partial charge on any atom is -0.481 e. The van der Waals surface area contributed by atoms with Gasteiger partial charge < -0.3 is 10.0 Å². The van der Waals surface area contributed by atoms with Gasteiger partial charge in [0.15, 0.2) is 0 Å². The number of carboxylic acid groups (broad SMARTS) is 1. The second kappa shape index (κ2) is 7.68. The molecule has 0 saturated carbocycles. The Morgan fingerprint density at radius 3 is 2.62 bits per heavy atom. The van der Waals surface area contributed by atoms with Crippen LogP contribution < -0.4 is 0 Å². The van der Waals surface area contributed by atoms with E-state index in [1.807, 2.05) is 0 Å². The molecule has 2 rings (SSSR count). The lowest BCUT2D eigenvalue weighted by molar-refractivity contribution is -0.140. The molecule has 0 radical (unpaired) electrons. The number of nitrogens with zero attached hydrogens (tertiary/aromatic N) is 1. The van der Waals surface area contributed by atoms with Crippen molar-refractivity contribution in [1.29, 1.82) is 0 Å². The van der Waals surface area contributed by atoms with Crippen LogP contribution in [0.3, 0.4) is 0 Å². The molecule has 1 aromatic rings. The van der Waals surface area contributed by atoms with Gasteiger partial charge >= 0.3 is 12.1 Å². The predicted octanol–water partition coefficient (Wildman–Crippen LogP) is 3.35. The van der Waals surface area contributed by atoms with Crippen LogP contribution in [0, 0.1) is 5.92 Å². The number of rotatable bonds is 5. The lowest BCUT2D eigenvalue weighted by Crippen LogP contribution is -2.40. The monoisotopic (exact) mass is 343 g/mol. The zero-order valence-corrected chi connectivity index (χ0v) is 13.2. The summed E-state index contributed by atoms with van der Waals surface area (Å²) in [6.45, 7) is 0.905. The fraction of sp³-hybridized carbons (Fsp3) is 0.529. The molecule has 1 unspecified atom stereocenters. The Morgan fingerprint density at radius 1 is 1.25 bits per heavy atom. The van der Waals surface area contributed by atoms with E-state index in [1.54, 1.807) is 4.90 Å². The summed E-state index contributed by atoms with van der Waals surface area (Å²) in [4.78, 5) is 24.6. The first-order chi connectivity index (χ1) is 11.3. The fourth-order valence-electron chi connectivity index (χ4n) is 3.12. The molecule has 4 nitrogen and oxygen atoms in total. The number of piperidine rings is 1. The number of aliphatic carboxylic acids is 1. The Kier molecular flexibility index (Phi) is 5.85. The molecular weight excluding hydrogens is 323 g/mol. The standard InChI is InChI=1S/C17H20F3NO3/c18-17(19,20)14-6-2-1-5-13(14)7-8-15(22)21-9-3-4-12(11-21)10-16(23)24/h1-2,5-6,12H,3-4,7-11H2,(H,23,24). The van der Waals surface area contributed by atoms with E-state index in [-0.39, 0.29) is 36.7 Å². The van der Waals surface area contributed by atoms with E-state index in [4.69, 9.17) is 5.11 Å². The highest BCUT2D eigenvalue weighted by molar-refractivity contribution is 5.76. The number of hydrogen-bond acceptors (Lipinski definition) is 2. The van der Waals surface area contributed by atoms with Crippen LogP contribution in [0.1, 0.15) is 36.8 Å². The zero-order valence-electron chi connectivity index (χ0n) is 13.2. The lowest BCUT2D eigenvalue weighted by Gasteiger charge is -2.32. The van der Waals surface area contributed by atoms with E-state index in [2.05, 4.69) is 0 Å². The van der Waals surface area contributed by atoms with Gasteiger partial charge in [-0.05, 0) is 36.8 Å². The number of likely N-dealkylation sites (tertiary alicyclic amines) is 1. The third-order valence-corrected chi connectivity index (χ3v) is 4.27. The molecule has 1 aliphatic rings. The molecule has 0 aromatic heterocycles. The fourth-order valence-corrected chi connectivity index (χ4v) is 3.12. The van der Waals surface area contributed by atoms with E-state index < -0.39 is 17.7 Å². The van der Waals surface area contributed by atoms with Crippen molar-refractivity contribution in [3.8, 4) is 0 Å². The first-order valence-electron chi connectivity index (χ1n) is 7.92. The third kappa shape index (κ3) is 4.97. The van der Waals surface area contributed by atoms with Crippen LogP contribution in [-0.2, 0) is 22.2 Å². The van der Waals surface area contributed by atoms with Crippen LogP contribution in [0.2, 0.25) is 0 Å². The predicted molar refractivity (Wildman–Crippen MR) is 81.3 cm³/mol. The third-order valence-electron chi connectivity index (χ3n) is 4.27. The van der Waals surface area contributed by atoms with Gasteiger partial charge in [0.25, 0.3) is 0 Å². The van der Waals surface area contributed by atoms with Gasteiger partial charge in [0.05, 0.1) is 5.56 Å². The van der Waals surface area contributed by atoms with Crippen molar-refractivity contribution in [3.05, 3.63) is 35.4 Å². The summed E-state index contributed by atoms with van der Waals surface area (Å²) in [5.74, 6) is -1.20. The maximum Gasteiger partial charge on any atom is 0.416 e. The summed E-state index contributed by atoms with van der Waals surface area (Å²) in [6.07, 6.45) is -2.92. The minimum absolute atomic E-state index is 0.00706. The number of halogens is 3. The molecule has 1 heterocycles. The van der Waals surface area contributed by atoms with Gasteiger partial charge in [-0.2, -0.15) is 13.2 Å². The molecular formula is C17H20F3NO3. The van der Waals surface area contributed by atoms with Crippen LogP contribution in [-0.4, -0.2) is 35.0 Å². The average Bonchev–Trinajstić information content (AvgIpc) is 2.51. The van der Waals surface area contributed by atoms with Gasteiger partial charge in [0.1, 0.15) is 0 Å². The van der Waals surface area contributed by atoms with Crippen molar-refractivity contribution in [2.24, 2.45) is 5.92 Å². The van der Waals surface area contributed by atoms with Gasteiger partial charge in [0, 0.05) is 25.9 Å². The van der Waals surface area contributed by atoms with E-state index in [0.29, 0.717) is 13.1 Å². The topological polar surface area (TPSA) is 57.6 Å². The number of carbonyl (C=O) groups is 2. The maximum absolute atomic E-state index is 12.9. The summed E-state index contributed by atoms with van der Waals surface area (Å²) in [5.41, 5.74) is -0.599. The lowest BCUT2D eigenvalue weighted by atomic mass is 9.94.